The van der Waals surface area contributed by atoms with E-state index in [0.717, 1.165) is 61.4 Å². The van der Waals surface area contributed by atoms with Gasteiger partial charge in [0, 0.05) is 30.6 Å². The van der Waals surface area contributed by atoms with Gasteiger partial charge in [0.05, 0.1) is 55.2 Å². The fourth-order valence-electron chi connectivity index (χ4n) is 8.75. The van der Waals surface area contributed by atoms with Crippen molar-refractivity contribution in [2.75, 3.05) is 0 Å². The number of benzene rings is 7. The molecule has 0 unspecified atom stereocenters. The van der Waals surface area contributed by atoms with Gasteiger partial charge in [-0.2, -0.15) is 0 Å². The minimum Gasteiger partial charge on any atom is -0.313 e. The fraction of sp³-hybridized carbons (Fsp3) is 0.0435. The minimum absolute atomic E-state index is 0.948. The van der Waals surface area contributed by atoms with Crippen LogP contribution in [0.4, 0.5) is 0 Å². The number of hydrogen-bond acceptors (Lipinski definition) is 2. The molecule has 0 aliphatic heterocycles. The summed E-state index contributed by atoms with van der Waals surface area (Å²) in [4.78, 5) is 9.88. The molecule has 0 bridgehead atoms. The van der Waals surface area contributed by atoms with Gasteiger partial charge in [-0.05, 0) is 101 Å². The van der Waals surface area contributed by atoms with Crippen molar-refractivity contribution in [3.05, 3.63) is 152 Å². The van der Waals surface area contributed by atoms with Crippen molar-refractivity contribution in [2.45, 2.75) is 0 Å². The van der Waals surface area contributed by atoms with Gasteiger partial charge in [0.15, 0.2) is 0 Å². The zero-order valence-corrected chi connectivity index (χ0v) is 29.1. The Hall–Kier alpha value is -7.12. The highest BCUT2D eigenvalue weighted by atomic mass is 15.2. The minimum atomic E-state index is 0.948. The number of imidazole rings is 4. The van der Waals surface area contributed by atoms with Crippen LogP contribution in [0.15, 0.2) is 152 Å². The Morgan fingerprint density at radius 3 is 1.47 bits per heavy atom. The Morgan fingerprint density at radius 2 is 0.849 bits per heavy atom. The molecule has 0 fully saturated rings. The summed E-state index contributed by atoms with van der Waals surface area (Å²) in [6.07, 6.45) is 0. The molecule has 0 aliphatic carbocycles. The van der Waals surface area contributed by atoms with E-state index in [0.29, 0.717) is 0 Å². The number of aromatic nitrogens is 7. The molecule has 12 rings (SSSR count). The highest BCUT2D eigenvalue weighted by molar-refractivity contribution is 6.11. The molecule has 0 atom stereocenters. The first-order valence-electron chi connectivity index (χ1n) is 18.0. The van der Waals surface area contributed by atoms with Crippen LogP contribution in [-0.4, -0.2) is 32.5 Å². The van der Waals surface area contributed by atoms with E-state index in [1.54, 1.807) is 0 Å². The van der Waals surface area contributed by atoms with Crippen molar-refractivity contribution >= 4 is 77.5 Å². The summed E-state index contributed by atoms with van der Waals surface area (Å²) in [6, 6.07) is 54.8. The van der Waals surface area contributed by atoms with Crippen molar-refractivity contribution in [1.82, 2.24) is 32.5 Å². The lowest BCUT2D eigenvalue weighted by Gasteiger charge is -2.11. The van der Waals surface area contributed by atoms with Gasteiger partial charge >= 0.3 is 0 Å². The second-order valence-corrected chi connectivity index (χ2v) is 14.1. The monoisotopic (exact) mass is 681 g/mol. The van der Waals surface area contributed by atoms with Gasteiger partial charge in [-0.25, -0.2) is 9.97 Å². The van der Waals surface area contributed by atoms with E-state index >= 15 is 0 Å². The summed E-state index contributed by atoms with van der Waals surface area (Å²) in [5.41, 5.74) is 17.1. The number of nitrogens with zero attached hydrogens (tertiary/aromatic N) is 7. The normalized spacial score (nSPS) is 12.3. The summed E-state index contributed by atoms with van der Waals surface area (Å²) in [6.45, 7) is 0. The molecule has 7 nitrogen and oxygen atoms in total. The van der Waals surface area contributed by atoms with E-state index in [1.165, 1.54) is 44.1 Å². The van der Waals surface area contributed by atoms with Gasteiger partial charge in [-0.15, -0.1) is 0 Å². The van der Waals surface area contributed by atoms with Gasteiger partial charge in [-0.3, -0.25) is 8.80 Å². The molecule has 5 aromatic heterocycles. The van der Waals surface area contributed by atoms with Crippen LogP contribution in [0.1, 0.15) is 0 Å². The van der Waals surface area contributed by atoms with Crippen molar-refractivity contribution in [3.63, 3.8) is 0 Å². The molecule has 0 saturated carbocycles. The summed E-state index contributed by atoms with van der Waals surface area (Å²) in [7, 11) is 4.19. The molecule has 7 heteroatoms. The van der Waals surface area contributed by atoms with Crippen LogP contribution in [0.25, 0.3) is 105 Å². The fourth-order valence-corrected chi connectivity index (χ4v) is 8.75. The molecule has 0 N–H and O–H groups in total. The Labute approximate surface area is 302 Å². The van der Waals surface area contributed by atoms with E-state index in [2.05, 4.69) is 176 Å². The van der Waals surface area contributed by atoms with E-state index in [-0.39, 0.29) is 0 Å². The maximum atomic E-state index is 4.94. The molecular formula is C46H31N7. The number of para-hydroxylation sites is 5. The predicted molar refractivity (Wildman–Crippen MR) is 217 cm³/mol. The maximum Gasteiger partial charge on any atom is 0.215 e. The van der Waals surface area contributed by atoms with Crippen LogP contribution in [0.3, 0.4) is 0 Å². The van der Waals surface area contributed by atoms with Gasteiger partial charge in [0.1, 0.15) is 0 Å². The zero-order valence-electron chi connectivity index (χ0n) is 29.1. The number of hydrogen-bond donors (Lipinski definition) is 0. The average Bonchev–Trinajstić information content (AvgIpc) is 3.99. The highest BCUT2D eigenvalue weighted by Gasteiger charge is 2.18. The second kappa shape index (κ2) is 10.2. The van der Waals surface area contributed by atoms with Gasteiger partial charge in [0.25, 0.3) is 0 Å². The molecular weight excluding hydrogens is 651 g/mol. The molecule has 0 spiro atoms. The standard InChI is InChI=1S/C46H31N7/c1-49-41-22-19-30(26-43(41)52-39-16-7-4-13-35(39)47-45(49)52)28-10-9-11-32(24-28)51-37-15-6-3-12-33(37)34-25-29(18-21-38(34)51)31-20-23-42-44(27-31)53-40-17-8-5-14-36(40)48-46(53)50(42)2/h3-27H,1-2H3. The largest absolute Gasteiger partial charge is 0.313 e. The van der Waals surface area contributed by atoms with E-state index < -0.39 is 0 Å². The first-order chi connectivity index (χ1) is 26.1. The van der Waals surface area contributed by atoms with Crippen molar-refractivity contribution < 1.29 is 0 Å². The third-order valence-corrected chi connectivity index (χ3v) is 11.3. The number of aryl methyl sites for hydroxylation is 2. The summed E-state index contributed by atoms with van der Waals surface area (Å²) in [5.74, 6) is 1.90. The Bertz CT molecular complexity index is 3490. The Kier molecular flexibility index (Phi) is 5.52. The van der Waals surface area contributed by atoms with Crippen molar-refractivity contribution in [3.8, 4) is 27.9 Å². The molecule has 12 aromatic rings. The molecule has 7 aromatic carbocycles. The molecule has 53 heavy (non-hydrogen) atoms. The maximum absolute atomic E-state index is 4.94. The third kappa shape index (κ3) is 3.83. The number of rotatable bonds is 3. The lowest BCUT2D eigenvalue weighted by atomic mass is 10.0. The molecule has 5 heterocycles. The van der Waals surface area contributed by atoms with Crippen LogP contribution < -0.4 is 0 Å². The van der Waals surface area contributed by atoms with Gasteiger partial charge in [0.2, 0.25) is 11.6 Å². The van der Waals surface area contributed by atoms with Crippen LogP contribution >= 0.6 is 0 Å². The zero-order chi connectivity index (χ0) is 34.9. The summed E-state index contributed by atoms with van der Waals surface area (Å²) >= 11 is 0. The quantitative estimate of drug-likeness (QED) is 0.186. The molecule has 250 valence electrons. The number of fused-ring (bicyclic) bond motifs is 13. The van der Waals surface area contributed by atoms with Crippen LogP contribution in [0, 0.1) is 0 Å². The molecule has 0 radical (unpaired) electrons. The lowest BCUT2D eigenvalue weighted by Crippen LogP contribution is -1.94. The first kappa shape index (κ1) is 28.6. The summed E-state index contributed by atoms with van der Waals surface area (Å²) < 4.78 is 11.3. The van der Waals surface area contributed by atoms with Crippen molar-refractivity contribution in [2.24, 2.45) is 14.1 Å². The summed E-state index contributed by atoms with van der Waals surface area (Å²) in [5, 5.41) is 2.47. The first-order valence-corrected chi connectivity index (χ1v) is 18.0. The highest BCUT2D eigenvalue weighted by Crippen LogP contribution is 2.38. The Morgan fingerprint density at radius 1 is 0.358 bits per heavy atom. The molecule has 0 aliphatic rings. The van der Waals surface area contributed by atoms with Crippen LogP contribution in [0.5, 0.6) is 0 Å². The average molecular weight is 682 g/mol. The SMILES string of the molecule is Cn1c2ccc(-c3cccc(-n4c5ccccc5c5cc(-c6ccc7c(c6)n6c8ccccc8nc6n7C)ccc54)c3)cc2n2c3ccccc3nc12. The third-order valence-electron chi connectivity index (χ3n) is 11.3. The van der Waals surface area contributed by atoms with Crippen LogP contribution in [0.2, 0.25) is 0 Å². The van der Waals surface area contributed by atoms with Crippen molar-refractivity contribution in [1.29, 1.82) is 0 Å². The molecule has 0 amide bonds. The topological polar surface area (TPSA) is 49.4 Å². The van der Waals surface area contributed by atoms with Crippen LogP contribution in [-0.2, 0) is 14.1 Å². The van der Waals surface area contributed by atoms with Gasteiger partial charge in [-0.1, -0.05) is 72.8 Å². The smallest absolute Gasteiger partial charge is 0.215 e. The lowest BCUT2D eigenvalue weighted by molar-refractivity contribution is 0.973. The van der Waals surface area contributed by atoms with Gasteiger partial charge < -0.3 is 13.7 Å². The van der Waals surface area contributed by atoms with E-state index in [1.807, 2.05) is 12.1 Å². The molecule has 0 saturated heterocycles. The second-order valence-electron chi connectivity index (χ2n) is 14.1. The van der Waals surface area contributed by atoms with E-state index in [4.69, 9.17) is 9.97 Å². The predicted octanol–water partition coefficient (Wildman–Crippen LogP) is 10.7. The van der Waals surface area contributed by atoms with E-state index in [9.17, 15) is 0 Å². The Balaban J connectivity index is 1.01.